The summed E-state index contributed by atoms with van der Waals surface area (Å²) in [5.74, 6) is -0.192. The fraction of sp³-hybridized carbons (Fsp3) is 0.250. The number of nitrogens with one attached hydrogen (secondary N) is 2. The molecule has 1 rings (SSSR count). The van der Waals surface area contributed by atoms with Gasteiger partial charge in [0.2, 0.25) is 10.0 Å². The zero-order valence-corrected chi connectivity index (χ0v) is 11.0. The van der Waals surface area contributed by atoms with E-state index in [1.807, 2.05) is 0 Å². The summed E-state index contributed by atoms with van der Waals surface area (Å²) in [6, 6.07) is 6.22. The third kappa shape index (κ3) is 5.01. The molecule has 0 spiro atoms. The van der Waals surface area contributed by atoms with Crippen molar-refractivity contribution in [2.75, 3.05) is 17.5 Å². The minimum absolute atomic E-state index is 0.192. The maximum absolute atomic E-state index is 11.6. The van der Waals surface area contributed by atoms with Gasteiger partial charge in [-0.25, -0.2) is 8.42 Å². The summed E-state index contributed by atoms with van der Waals surface area (Å²) in [6.07, 6.45) is 3.50. The molecule has 98 valence electrons. The average molecular weight is 268 g/mol. The Hall–Kier alpha value is -1.82. The predicted molar refractivity (Wildman–Crippen MR) is 72.1 cm³/mol. The van der Waals surface area contributed by atoms with E-state index >= 15 is 0 Å². The summed E-state index contributed by atoms with van der Waals surface area (Å²) in [6.45, 7) is 4.09. The van der Waals surface area contributed by atoms with Crippen LogP contribution in [0.15, 0.2) is 36.9 Å². The van der Waals surface area contributed by atoms with Crippen LogP contribution in [0, 0.1) is 0 Å². The maximum atomic E-state index is 11.6. The number of rotatable bonds is 6. The Labute approximate surface area is 107 Å². The second-order valence-corrected chi connectivity index (χ2v) is 5.53. The maximum Gasteiger partial charge on any atom is 0.251 e. The van der Waals surface area contributed by atoms with Gasteiger partial charge in [0.15, 0.2) is 0 Å². The van der Waals surface area contributed by atoms with Crippen molar-refractivity contribution in [3.63, 3.8) is 0 Å². The summed E-state index contributed by atoms with van der Waals surface area (Å²) in [5, 5.41) is 2.72. The molecule has 0 radical (unpaired) electrons. The lowest BCUT2D eigenvalue weighted by Gasteiger charge is -2.06. The summed E-state index contributed by atoms with van der Waals surface area (Å²) >= 11 is 0. The summed E-state index contributed by atoms with van der Waals surface area (Å²) in [5.41, 5.74) is 0.915. The number of hydrogen-bond donors (Lipinski definition) is 2. The quantitative estimate of drug-likeness (QED) is 0.604. The molecule has 6 heteroatoms. The van der Waals surface area contributed by atoms with E-state index in [-0.39, 0.29) is 5.91 Å². The first-order valence-corrected chi connectivity index (χ1v) is 7.28. The number of hydrogen-bond acceptors (Lipinski definition) is 3. The lowest BCUT2D eigenvalue weighted by atomic mass is 10.2. The second kappa shape index (κ2) is 6.20. The van der Waals surface area contributed by atoms with Crippen LogP contribution in [0.4, 0.5) is 5.69 Å². The van der Waals surface area contributed by atoms with Gasteiger partial charge in [-0.3, -0.25) is 9.52 Å². The van der Waals surface area contributed by atoms with E-state index in [0.717, 1.165) is 6.26 Å². The van der Waals surface area contributed by atoms with Crippen molar-refractivity contribution in [3.8, 4) is 0 Å². The molecule has 5 nitrogen and oxygen atoms in total. The number of amides is 1. The van der Waals surface area contributed by atoms with Crippen LogP contribution in [0.2, 0.25) is 0 Å². The molecule has 0 bridgehead atoms. The normalized spacial score (nSPS) is 10.7. The molecule has 0 aliphatic rings. The molecule has 0 unspecified atom stereocenters. The van der Waals surface area contributed by atoms with Crippen LogP contribution in [0.1, 0.15) is 16.8 Å². The minimum Gasteiger partial charge on any atom is -0.352 e. The van der Waals surface area contributed by atoms with Gasteiger partial charge in [-0.05, 0) is 30.7 Å². The van der Waals surface area contributed by atoms with E-state index in [4.69, 9.17) is 0 Å². The smallest absolute Gasteiger partial charge is 0.251 e. The predicted octanol–water partition coefficient (Wildman–Crippen LogP) is 1.36. The van der Waals surface area contributed by atoms with Crippen molar-refractivity contribution < 1.29 is 13.2 Å². The van der Waals surface area contributed by atoms with E-state index in [2.05, 4.69) is 16.6 Å². The van der Waals surface area contributed by atoms with Crippen molar-refractivity contribution in [2.24, 2.45) is 0 Å². The van der Waals surface area contributed by atoms with Gasteiger partial charge in [-0.2, -0.15) is 0 Å². The number of carbonyl (C=O) groups is 1. The first-order chi connectivity index (χ1) is 8.42. The van der Waals surface area contributed by atoms with Crippen molar-refractivity contribution in [1.82, 2.24) is 5.32 Å². The largest absolute Gasteiger partial charge is 0.352 e. The Kier molecular flexibility index (Phi) is 4.91. The van der Waals surface area contributed by atoms with Crippen LogP contribution in [-0.4, -0.2) is 27.1 Å². The highest BCUT2D eigenvalue weighted by molar-refractivity contribution is 7.92. The number of benzene rings is 1. The minimum atomic E-state index is -3.29. The lowest BCUT2D eigenvalue weighted by Crippen LogP contribution is -2.24. The number of anilines is 1. The third-order valence-corrected chi connectivity index (χ3v) is 2.69. The highest BCUT2D eigenvalue weighted by Crippen LogP contribution is 2.10. The highest BCUT2D eigenvalue weighted by atomic mass is 32.2. The number of sulfonamides is 1. The number of carbonyl (C=O) groups excluding carboxylic acids is 1. The van der Waals surface area contributed by atoms with E-state index in [1.165, 1.54) is 0 Å². The van der Waals surface area contributed by atoms with Crippen molar-refractivity contribution in [1.29, 1.82) is 0 Å². The van der Waals surface area contributed by atoms with Gasteiger partial charge in [0, 0.05) is 17.8 Å². The van der Waals surface area contributed by atoms with Crippen LogP contribution in [-0.2, 0) is 10.0 Å². The van der Waals surface area contributed by atoms with Crippen LogP contribution in [0.5, 0.6) is 0 Å². The van der Waals surface area contributed by atoms with Gasteiger partial charge < -0.3 is 5.32 Å². The zero-order chi connectivity index (χ0) is 13.6. The van der Waals surface area contributed by atoms with Crippen molar-refractivity contribution in [3.05, 3.63) is 42.5 Å². The lowest BCUT2D eigenvalue weighted by molar-refractivity contribution is 0.0954. The van der Waals surface area contributed by atoms with Gasteiger partial charge in [0.1, 0.15) is 0 Å². The van der Waals surface area contributed by atoms with Gasteiger partial charge in [0.25, 0.3) is 5.91 Å². The summed E-state index contributed by atoms with van der Waals surface area (Å²) in [4.78, 5) is 11.6. The fourth-order valence-corrected chi connectivity index (χ4v) is 1.86. The molecular weight excluding hydrogens is 252 g/mol. The van der Waals surface area contributed by atoms with Crippen LogP contribution >= 0.6 is 0 Å². The Balaban J connectivity index is 2.65. The van der Waals surface area contributed by atoms with Gasteiger partial charge >= 0.3 is 0 Å². The van der Waals surface area contributed by atoms with E-state index in [9.17, 15) is 13.2 Å². The molecule has 0 fully saturated rings. The summed E-state index contributed by atoms with van der Waals surface area (Å²) in [7, 11) is -3.29. The van der Waals surface area contributed by atoms with Crippen molar-refractivity contribution >= 4 is 21.6 Å². The Morgan fingerprint density at radius 3 is 2.44 bits per heavy atom. The second-order valence-electron chi connectivity index (χ2n) is 3.78. The molecule has 1 aromatic carbocycles. The van der Waals surface area contributed by atoms with Gasteiger partial charge in [-0.1, -0.05) is 6.08 Å². The molecule has 0 atom stereocenters. The zero-order valence-electron chi connectivity index (χ0n) is 10.1. The molecule has 1 amide bonds. The monoisotopic (exact) mass is 268 g/mol. The van der Waals surface area contributed by atoms with Gasteiger partial charge in [0.05, 0.1) is 6.26 Å². The van der Waals surface area contributed by atoms with Crippen LogP contribution in [0.3, 0.4) is 0 Å². The summed E-state index contributed by atoms with van der Waals surface area (Å²) < 4.78 is 24.3. The standard InChI is InChI=1S/C12H16N2O3S/c1-3-4-9-13-12(15)10-5-7-11(8-6-10)14-18(2,16)17/h3,5-8,14H,1,4,9H2,2H3,(H,13,15). The Morgan fingerprint density at radius 2 is 1.94 bits per heavy atom. The molecule has 0 saturated carbocycles. The SMILES string of the molecule is C=CCCNC(=O)c1ccc(NS(C)(=O)=O)cc1. The van der Waals surface area contributed by atoms with Crippen LogP contribution in [0.25, 0.3) is 0 Å². The molecule has 0 aliphatic heterocycles. The molecule has 2 N–H and O–H groups in total. The molecule has 18 heavy (non-hydrogen) atoms. The molecular formula is C12H16N2O3S. The van der Waals surface area contributed by atoms with Crippen LogP contribution < -0.4 is 10.0 Å². The topological polar surface area (TPSA) is 75.3 Å². The Bertz CT molecular complexity index is 521. The van der Waals surface area contributed by atoms with E-state index < -0.39 is 10.0 Å². The molecule has 1 aromatic rings. The molecule has 0 saturated heterocycles. The molecule has 0 aliphatic carbocycles. The fourth-order valence-electron chi connectivity index (χ4n) is 1.29. The Morgan fingerprint density at radius 1 is 1.33 bits per heavy atom. The third-order valence-electron chi connectivity index (χ3n) is 2.08. The van der Waals surface area contributed by atoms with E-state index in [0.29, 0.717) is 24.2 Å². The molecule has 0 aromatic heterocycles. The molecule has 0 heterocycles. The van der Waals surface area contributed by atoms with E-state index in [1.54, 1.807) is 30.3 Å². The van der Waals surface area contributed by atoms with Gasteiger partial charge in [-0.15, -0.1) is 6.58 Å². The highest BCUT2D eigenvalue weighted by Gasteiger charge is 2.05. The first-order valence-electron chi connectivity index (χ1n) is 5.39. The first kappa shape index (κ1) is 14.2. The van der Waals surface area contributed by atoms with Crippen molar-refractivity contribution in [2.45, 2.75) is 6.42 Å². The average Bonchev–Trinajstić information content (AvgIpc) is 2.28.